The van der Waals surface area contributed by atoms with Crippen molar-refractivity contribution in [1.29, 1.82) is 0 Å². The number of aliphatic hydroxyl groups is 2. The molecule has 7 bridgehead atoms. The minimum Gasteiger partial charge on any atom is -0.461 e. The summed E-state index contributed by atoms with van der Waals surface area (Å²) in [6.07, 6.45) is 2.53. The van der Waals surface area contributed by atoms with Crippen LogP contribution >= 0.6 is 0 Å². The molecule has 7 rings (SSSR count). The van der Waals surface area contributed by atoms with Crippen LogP contribution in [0.1, 0.15) is 56.3 Å². The van der Waals surface area contributed by atoms with Crippen molar-refractivity contribution in [3.63, 3.8) is 0 Å². The van der Waals surface area contributed by atoms with Gasteiger partial charge in [0.25, 0.3) is 0 Å². The van der Waals surface area contributed by atoms with Gasteiger partial charge in [0.2, 0.25) is 5.91 Å². The topological polar surface area (TPSA) is 127 Å². The second-order valence-electron chi connectivity index (χ2n) is 14.2. The van der Waals surface area contributed by atoms with Crippen LogP contribution in [-0.4, -0.2) is 104 Å². The van der Waals surface area contributed by atoms with Crippen molar-refractivity contribution in [2.45, 2.75) is 81.5 Å². The van der Waals surface area contributed by atoms with Gasteiger partial charge in [-0.25, -0.2) is 4.79 Å². The Morgan fingerprint density at radius 1 is 1.07 bits per heavy atom. The Bertz CT molecular complexity index is 1310. The van der Waals surface area contributed by atoms with Gasteiger partial charge in [0.15, 0.2) is 0 Å². The van der Waals surface area contributed by atoms with Gasteiger partial charge in [-0.05, 0) is 50.3 Å². The number of benzene rings is 1. The molecule has 1 amide bonds. The number of rotatable bonds is 8. The van der Waals surface area contributed by atoms with E-state index >= 15 is 0 Å². The van der Waals surface area contributed by atoms with Gasteiger partial charge in [0, 0.05) is 75.8 Å². The van der Waals surface area contributed by atoms with E-state index in [9.17, 15) is 19.8 Å². The van der Waals surface area contributed by atoms with Gasteiger partial charge in [0.05, 0.1) is 36.2 Å². The van der Waals surface area contributed by atoms with E-state index in [1.165, 1.54) is 6.92 Å². The van der Waals surface area contributed by atoms with Crippen molar-refractivity contribution in [3.05, 3.63) is 29.8 Å². The maximum Gasteiger partial charge on any atom is 0.340 e. The number of nitrogens with zero attached hydrogens (tertiary/aromatic N) is 1. The summed E-state index contributed by atoms with van der Waals surface area (Å²) in [7, 11) is 5.12. The number of carbonyl (C=O) groups is 2. The van der Waals surface area contributed by atoms with E-state index in [1.807, 2.05) is 0 Å². The molecule has 12 atom stereocenters. The Morgan fingerprint density at radius 2 is 1.84 bits per heavy atom. The third kappa shape index (κ3) is 3.51. The molecule has 6 aliphatic rings. The second kappa shape index (κ2) is 9.96. The highest BCUT2D eigenvalue weighted by atomic mass is 16.5. The Balaban J connectivity index is 1.31. The summed E-state index contributed by atoms with van der Waals surface area (Å²) in [6.45, 7) is 5.32. The van der Waals surface area contributed by atoms with Crippen LogP contribution in [-0.2, 0) is 23.7 Å². The number of hydrogen-bond donors (Lipinski definition) is 3. The molecule has 236 valence electrons. The molecule has 10 nitrogen and oxygen atoms in total. The number of likely N-dealkylation sites (tertiary alicyclic amines) is 1. The summed E-state index contributed by atoms with van der Waals surface area (Å²) in [5.41, 5.74) is -2.87. The number of carbonyl (C=O) groups excluding carboxylic acids is 2. The van der Waals surface area contributed by atoms with Crippen LogP contribution in [0.3, 0.4) is 0 Å². The van der Waals surface area contributed by atoms with Crippen LogP contribution in [0.25, 0.3) is 0 Å². The highest BCUT2D eigenvalue weighted by molar-refractivity contribution is 6.00. The summed E-state index contributed by atoms with van der Waals surface area (Å²) in [6, 6.07) is 6.94. The molecule has 1 heterocycles. The zero-order valence-corrected chi connectivity index (χ0v) is 25.9. The number of methoxy groups -OCH3 is 3. The summed E-state index contributed by atoms with van der Waals surface area (Å²) in [5.74, 6) is -1.14. The third-order valence-electron chi connectivity index (χ3n) is 13.1. The number of amides is 1. The fourth-order valence-electron chi connectivity index (χ4n) is 11.9. The van der Waals surface area contributed by atoms with E-state index in [2.05, 4.69) is 17.1 Å². The van der Waals surface area contributed by atoms with Gasteiger partial charge in [-0.3, -0.25) is 9.69 Å². The van der Waals surface area contributed by atoms with Crippen LogP contribution < -0.4 is 5.32 Å². The SMILES string of the molecule is CCN1CC2(COC(=O)c3ccccc3NC(C)=O)CCC(OC)C34C1C(CC23)C1(O)CC(OC)C2CC4C1(O)C2OC. The quantitative estimate of drug-likeness (QED) is 0.387. The molecule has 1 aromatic carbocycles. The Morgan fingerprint density at radius 3 is 2.51 bits per heavy atom. The van der Waals surface area contributed by atoms with E-state index in [4.69, 9.17) is 18.9 Å². The molecule has 0 aromatic heterocycles. The molecule has 1 aromatic rings. The predicted octanol–water partition coefficient (Wildman–Crippen LogP) is 2.47. The van der Waals surface area contributed by atoms with E-state index in [1.54, 1.807) is 45.6 Å². The minimum atomic E-state index is -1.43. The van der Waals surface area contributed by atoms with Gasteiger partial charge >= 0.3 is 5.97 Å². The average Bonchev–Trinajstić information content (AvgIpc) is 3.41. The van der Waals surface area contributed by atoms with Crippen molar-refractivity contribution in [2.24, 2.45) is 34.5 Å². The number of para-hydroxylation sites is 1. The first kappa shape index (κ1) is 29.6. The molecular weight excluding hydrogens is 552 g/mol. The van der Waals surface area contributed by atoms with Crippen LogP contribution in [0.5, 0.6) is 0 Å². The number of esters is 1. The standard InChI is InChI=1S/C33H46N2O8/c1-6-35-16-30(17-43-29(37)19-9-7-8-10-22(19)34-18(2)36)12-11-26(41-4)32-24(30)14-21(27(32)35)31(38)15-23(40-3)20-13-25(32)33(31,39)28(20)42-5/h7-10,20-21,23-28,38-39H,6,11-17H2,1-5H3,(H,34,36). The first-order chi connectivity index (χ1) is 20.6. The maximum absolute atomic E-state index is 13.6. The van der Waals surface area contributed by atoms with Gasteiger partial charge in [-0.1, -0.05) is 19.1 Å². The molecule has 6 fully saturated rings. The smallest absolute Gasteiger partial charge is 0.340 e. The Hall–Kier alpha value is -2.08. The first-order valence-electron chi connectivity index (χ1n) is 15.9. The lowest BCUT2D eigenvalue weighted by molar-refractivity contribution is -0.335. The minimum absolute atomic E-state index is 0.0270. The molecular formula is C33H46N2O8. The van der Waals surface area contributed by atoms with Crippen molar-refractivity contribution < 1.29 is 38.7 Å². The van der Waals surface area contributed by atoms with E-state index in [0.29, 0.717) is 30.5 Å². The van der Waals surface area contributed by atoms with Crippen LogP contribution in [0.4, 0.5) is 5.69 Å². The third-order valence-corrected chi connectivity index (χ3v) is 13.1. The van der Waals surface area contributed by atoms with Crippen LogP contribution in [0.15, 0.2) is 24.3 Å². The largest absolute Gasteiger partial charge is 0.461 e. The number of fused-ring (bicyclic) bond motifs is 2. The zero-order valence-electron chi connectivity index (χ0n) is 25.9. The van der Waals surface area contributed by atoms with Crippen LogP contribution in [0.2, 0.25) is 0 Å². The lowest BCUT2D eigenvalue weighted by Crippen LogP contribution is -2.82. The van der Waals surface area contributed by atoms with Gasteiger partial charge in [-0.2, -0.15) is 0 Å². The predicted molar refractivity (Wildman–Crippen MR) is 156 cm³/mol. The van der Waals surface area contributed by atoms with Crippen LogP contribution in [0, 0.1) is 34.5 Å². The van der Waals surface area contributed by atoms with E-state index < -0.39 is 28.7 Å². The van der Waals surface area contributed by atoms with Gasteiger partial charge < -0.3 is 34.5 Å². The van der Waals surface area contributed by atoms with Gasteiger partial charge in [-0.15, -0.1) is 0 Å². The molecule has 5 aliphatic carbocycles. The number of piperidine rings is 1. The van der Waals surface area contributed by atoms with Crippen molar-refractivity contribution >= 4 is 17.6 Å². The summed E-state index contributed by atoms with van der Waals surface area (Å²) >= 11 is 0. The Kier molecular flexibility index (Phi) is 6.86. The molecule has 43 heavy (non-hydrogen) atoms. The van der Waals surface area contributed by atoms with Crippen molar-refractivity contribution in [1.82, 2.24) is 4.90 Å². The fourth-order valence-corrected chi connectivity index (χ4v) is 11.9. The lowest BCUT2D eigenvalue weighted by Gasteiger charge is -2.71. The molecule has 10 heteroatoms. The van der Waals surface area contributed by atoms with E-state index in [-0.39, 0.29) is 59.9 Å². The molecule has 3 N–H and O–H groups in total. The number of nitrogens with one attached hydrogen (secondary N) is 1. The molecule has 12 unspecified atom stereocenters. The highest BCUT2D eigenvalue weighted by Crippen LogP contribution is 2.80. The summed E-state index contributed by atoms with van der Waals surface area (Å²) in [5, 5.41) is 28.5. The molecule has 0 radical (unpaired) electrons. The highest BCUT2D eigenvalue weighted by Gasteiger charge is 2.88. The summed E-state index contributed by atoms with van der Waals surface area (Å²) in [4.78, 5) is 27.9. The molecule has 1 saturated heterocycles. The zero-order chi connectivity index (χ0) is 30.5. The fraction of sp³-hybridized carbons (Fsp3) is 0.758. The molecule has 5 saturated carbocycles. The maximum atomic E-state index is 13.6. The van der Waals surface area contributed by atoms with E-state index in [0.717, 1.165) is 25.9 Å². The van der Waals surface area contributed by atoms with Crippen molar-refractivity contribution in [3.8, 4) is 0 Å². The van der Waals surface area contributed by atoms with Crippen molar-refractivity contribution in [2.75, 3.05) is 46.3 Å². The second-order valence-corrected chi connectivity index (χ2v) is 14.2. The number of hydrogen-bond acceptors (Lipinski definition) is 9. The first-order valence-corrected chi connectivity index (χ1v) is 15.9. The summed E-state index contributed by atoms with van der Waals surface area (Å²) < 4.78 is 24.6. The lowest BCUT2D eigenvalue weighted by atomic mass is 9.42. The number of ether oxygens (including phenoxy) is 4. The monoisotopic (exact) mass is 598 g/mol. The number of anilines is 1. The molecule has 1 spiro atoms. The normalized spacial score (nSPS) is 47.3. The Labute approximate surface area is 253 Å². The molecule has 1 aliphatic heterocycles. The average molecular weight is 599 g/mol. The van der Waals surface area contributed by atoms with Gasteiger partial charge in [0.1, 0.15) is 11.2 Å².